The fourth-order valence-electron chi connectivity index (χ4n) is 1.28. The minimum Gasteiger partial charge on any atom is -0.356 e. The van der Waals surface area contributed by atoms with Gasteiger partial charge in [-0.25, -0.2) is 4.98 Å². The summed E-state index contributed by atoms with van der Waals surface area (Å²) in [6, 6.07) is 4.70. The Balaban J connectivity index is 2.69. The summed E-state index contributed by atoms with van der Waals surface area (Å²) in [5.41, 5.74) is 1.21. The SMILES string of the molecule is CSCC(C)N(C)c1ccc(CBr)cn1. The standard InChI is InChI=1S/C11H17BrN2S/c1-9(8-15-3)14(2)11-5-4-10(6-12)7-13-11/h4-5,7,9H,6,8H2,1-3H3. The molecular weight excluding hydrogens is 272 g/mol. The van der Waals surface area contributed by atoms with Crippen molar-refractivity contribution < 1.29 is 0 Å². The maximum Gasteiger partial charge on any atom is 0.128 e. The normalized spacial score (nSPS) is 12.5. The number of halogens is 1. The molecule has 0 bridgehead atoms. The van der Waals surface area contributed by atoms with Crippen molar-refractivity contribution >= 4 is 33.5 Å². The fraction of sp³-hybridized carbons (Fsp3) is 0.545. The van der Waals surface area contributed by atoms with Crippen LogP contribution in [-0.2, 0) is 5.33 Å². The lowest BCUT2D eigenvalue weighted by atomic mass is 10.3. The van der Waals surface area contributed by atoms with E-state index in [0.29, 0.717) is 6.04 Å². The summed E-state index contributed by atoms with van der Waals surface area (Å²) < 4.78 is 0. The van der Waals surface area contributed by atoms with Crippen molar-refractivity contribution in [3.8, 4) is 0 Å². The first-order chi connectivity index (χ1) is 7.19. The molecule has 84 valence electrons. The molecule has 1 heterocycles. The van der Waals surface area contributed by atoms with Gasteiger partial charge in [-0.05, 0) is 24.8 Å². The van der Waals surface area contributed by atoms with Gasteiger partial charge in [0.15, 0.2) is 0 Å². The van der Waals surface area contributed by atoms with Crippen molar-refractivity contribution in [1.82, 2.24) is 4.98 Å². The summed E-state index contributed by atoms with van der Waals surface area (Å²) in [7, 11) is 2.09. The molecule has 0 aliphatic heterocycles. The van der Waals surface area contributed by atoms with Crippen LogP contribution in [0.15, 0.2) is 18.3 Å². The quantitative estimate of drug-likeness (QED) is 0.775. The van der Waals surface area contributed by atoms with E-state index in [2.05, 4.69) is 58.2 Å². The lowest BCUT2D eigenvalue weighted by Gasteiger charge is -2.25. The highest BCUT2D eigenvalue weighted by molar-refractivity contribution is 9.08. The number of anilines is 1. The minimum absolute atomic E-state index is 0.516. The Morgan fingerprint density at radius 1 is 1.53 bits per heavy atom. The number of hydrogen-bond acceptors (Lipinski definition) is 3. The zero-order valence-electron chi connectivity index (χ0n) is 9.40. The maximum atomic E-state index is 4.44. The Hall–Kier alpha value is -0.220. The average molecular weight is 289 g/mol. The Kier molecular flexibility index (Phi) is 5.47. The smallest absolute Gasteiger partial charge is 0.128 e. The topological polar surface area (TPSA) is 16.1 Å². The Bertz CT molecular complexity index is 289. The second-order valence-corrected chi connectivity index (χ2v) is 5.04. The van der Waals surface area contributed by atoms with E-state index in [1.54, 1.807) is 0 Å². The second kappa shape index (κ2) is 6.38. The van der Waals surface area contributed by atoms with E-state index >= 15 is 0 Å². The molecule has 0 spiro atoms. The molecule has 0 radical (unpaired) electrons. The van der Waals surface area contributed by atoms with Gasteiger partial charge in [0.2, 0.25) is 0 Å². The minimum atomic E-state index is 0.516. The fourth-order valence-corrected chi connectivity index (χ4v) is 2.32. The van der Waals surface area contributed by atoms with Crippen molar-refractivity contribution in [2.24, 2.45) is 0 Å². The number of rotatable bonds is 5. The zero-order chi connectivity index (χ0) is 11.3. The molecule has 0 saturated heterocycles. The van der Waals surface area contributed by atoms with Gasteiger partial charge in [-0.15, -0.1) is 0 Å². The predicted octanol–water partition coefficient (Wildman–Crippen LogP) is 3.16. The van der Waals surface area contributed by atoms with Crippen molar-refractivity contribution in [2.45, 2.75) is 18.3 Å². The summed E-state index contributed by atoms with van der Waals surface area (Å²) in [6.07, 6.45) is 4.05. The van der Waals surface area contributed by atoms with Crippen molar-refractivity contribution in [3.05, 3.63) is 23.9 Å². The summed E-state index contributed by atoms with van der Waals surface area (Å²) in [4.78, 5) is 6.66. The Morgan fingerprint density at radius 2 is 2.27 bits per heavy atom. The van der Waals surface area contributed by atoms with E-state index in [4.69, 9.17) is 0 Å². The summed E-state index contributed by atoms with van der Waals surface area (Å²) in [6.45, 7) is 2.22. The van der Waals surface area contributed by atoms with E-state index in [-0.39, 0.29) is 0 Å². The van der Waals surface area contributed by atoms with Crippen molar-refractivity contribution in [2.75, 3.05) is 24.0 Å². The molecule has 0 fully saturated rings. The summed E-state index contributed by atoms with van der Waals surface area (Å²) in [5, 5.41) is 0.865. The lowest BCUT2D eigenvalue weighted by molar-refractivity contribution is 0.753. The van der Waals surface area contributed by atoms with Crippen LogP contribution in [0.25, 0.3) is 0 Å². The first-order valence-corrected chi connectivity index (χ1v) is 7.43. The number of alkyl halides is 1. The summed E-state index contributed by atoms with van der Waals surface area (Å²) >= 11 is 5.28. The highest BCUT2D eigenvalue weighted by Crippen LogP contribution is 2.15. The van der Waals surface area contributed by atoms with Crippen LogP contribution in [0.5, 0.6) is 0 Å². The molecule has 0 N–H and O–H groups in total. The highest BCUT2D eigenvalue weighted by Gasteiger charge is 2.09. The van der Waals surface area contributed by atoms with E-state index in [1.165, 1.54) is 5.56 Å². The van der Waals surface area contributed by atoms with Crippen LogP contribution >= 0.6 is 27.7 Å². The molecule has 1 unspecified atom stereocenters. The monoisotopic (exact) mass is 288 g/mol. The largest absolute Gasteiger partial charge is 0.356 e. The summed E-state index contributed by atoms with van der Waals surface area (Å²) in [5.74, 6) is 2.17. The molecule has 1 atom stereocenters. The van der Waals surface area contributed by atoms with Gasteiger partial charge in [0, 0.05) is 30.4 Å². The van der Waals surface area contributed by atoms with Gasteiger partial charge in [0.1, 0.15) is 5.82 Å². The molecule has 0 amide bonds. The van der Waals surface area contributed by atoms with E-state index in [0.717, 1.165) is 16.9 Å². The van der Waals surface area contributed by atoms with Crippen LogP contribution in [0.2, 0.25) is 0 Å². The molecule has 1 aromatic rings. The molecule has 0 aromatic carbocycles. The first-order valence-electron chi connectivity index (χ1n) is 4.91. The average Bonchev–Trinajstić information content (AvgIpc) is 2.28. The van der Waals surface area contributed by atoms with Crippen LogP contribution in [-0.4, -0.2) is 30.1 Å². The van der Waals surface area contributed by atoms with Crippen LogP contribution in [0.3, 0.4) is 0 Å². The molecule has 15 heavy (non-hydrogen) atoms. The van der Waals surface area contributed by atoms with Gasteiger partial charge in [0.25, 0.3) is 0 Å². The third kappa shape index (κ3) is 3.68. The van der Waals surface area contributed by atoms with Gasteiger partial charge in [0.05, 0.1) is 0 Å². The number of hydrogen-bond donors (Lipinski definition) is 0. The zero-order valence-corrected chi connectivity index (χ0v) is 11.8. The van der Waals surface area contributed by atoms with Gasteiger partial charge in [-0.1, -0.05) is 22.0 Å². The van der Waals surface area contributed by atoms with Gasteiger partial charge in [-0.2, -0.15) is 11.8 Å². The third-order valence-corrected chi connectivity index (χ3v) is 3.86. The van der Waals surface area contributed by atoms with Crippen LogP contribution in [0, 0.1) is 0 Å². The second-order valence-electron chi connectivity index (χ2n) is 3.57. The van der Waals surface area contributed by atoms with E-state index in [1.807, 2.05) is 18.0 Å². The number of nitrogens with zero attached hydrogens (tertiary/aromatic N) is 2. The predicted molar refractivity (Wildman–Crippen MR) is 73.1 cm³/mol. The van der Waals surface area contributed by atoms with E-state index < -0.39 is 0 Å². The third-order valence-electron chi connectivity index (χ3n) is 2.39. The van der Waals surface area contributed by atoms with Gasteiger partial charge < -0.3 is 4.90 Å². The first kappa shape index (κ1) is 12.8. The molecule has 1 aromatic heterocycles. The molecule has 2 nitrogen and oxygen atoms in total. The Morgan fingerprint density at radius 3 is 2.73 bits per heavy atom. The number of aromatic nitrogens is 1. The van der Waals surface area contributed by atoms with Crippen LogP contribution in [0.1, 0.15) is 12.5 Å². The molecular formula is C11H17BrN2S. The number of thioether (sulfide) groups is 1. The Labute approximate surface area is 105 Å². The number of pyridine rings is 1. The molecule has 4 heteroatoms. The van der Waals surface area contributed by atoms with Crippen LogP contribution < -0.4 is 4.90 Å². The van der Waals surface area contributed by atoms with Gasteiger partial charge >= 0.3 is 0 Å². The van der Waals surface area contributed by atoms with Crippen molar-refractivity contribution in [1.29, 1.82) is 0 Å². The van der Waals surface area contributed by atoms with Crippen LogP contribution in [0.4, 0.5) is 5.82 Å². The molecule has 1 rings (SSSR count). The molecule has 0 aliphatic rings. The molecule has 0 saturated carbocycles. The van der Waals surface area contributed by atoms with E-state index in [9.17, 15) is 0 Å². The molecule has 0 aliphatic carbocycles. The highest BCUT2D eigenvalue weighted by atomic mass is 79.9. The van der Waals surface area contributed by atoms with Crippen molar-refractivity contribution in [3.63, 3.8) is 0 Å². The maximum absolute atomic E-state index is 4.44. The van der Waals surface area contributed by atoms with Gasteiger partial charge in [-0.3, -0.25) is 0 Å². The lowest BCUT2D eigenvalue weighted by Crippen LogP contribution is -2.31.